The molecule has 2 aliphatic rings. The molecule has 5 rings (SSSR count). The van der Waals surface area contributed by atoms with Crippen molar-refractivity contribution < 1.29 is 4.74 Å². The van der Waals surface area contributed by atoms with Gasteiger partial charge < -0.3 is 4.74 Å². The molecule has 0 aromatic carbocycles. The molecule has 2 fully saturated rings. The number of ether oxygens (including phenoxy) is 1. The SMILES string of the molecule is Cc1c(Cn2nc[nH]c2=O)sc2c1c(=O)n(C1CC1)c(=O)n2CC1CCCO1. The number of nitrogens with one attached hydrogen (secondary N) is 1. The van der Waals surface area contributed by atoms with E-state index in [1.165, 1.54) is 26.9 Å². The normalized spacial score (nSPS) is 19.7. The lowest BCUT2D eigenvalue weighted by Crippen LogP contribution is -2.40. The predicted molar refractivity (Wildman–Crippen MR) is 104 cm³/mol. The van der Waals surface area contributed by atoms with Crippen LogP contribution in [0.5, 0.6) is 0 Å². The van der Waals surface area contributed by atoms with Crippen molar-refractivity contribution in [1.82, 2.24) is 23.9 Å². The molecule has 28 heavy (non-hydrogen) atoms. The fraction of sp³-hybridized carbons (Fsp3) is 0.556. The van der Waals surface area contributed by atoms with E-state index in [1.54, 1.807) is 4.57 Å². The van der Waals surface area contributed by atoms with Crippen LogP contribution in [0.15, 0.2) is 20.7 Å². The van der Waals surface area contributed by atoms with Gasteiger partial charge in [-0.05, 0) is 38.2 Å². The fourth-order valence-corrected chi connectivity index (χ4v) is 5.18. The number of nitrogens with zero attached hydrogens (tertiary/aromatic N) is 4. The van der Waals surface area contributed by atoms with Gasteiger partial charge in [-0.15, -0.1) is 11.3 Å². The number of aromatic nitrogens is 5. The third-order valence-electron chi connectivity index (χ3n) is 5.58. The molecule has 1 atom stereocenters. The van der Waals surface area contributed by atoms with Gasteiger partial charge in [-0.1, -0.05) is 0 Å². The Morgan fingerprint density at radius 1 is 1.29 bits per heavy atom. The van der Waals surface area contributed by atoms with E-state index >= 15 is 0 Å². The third-order valence-corrected chi connectivity index (χ3v) is 6.88. The molecule has 1 N–H and O–H groups in total. The van der Waals surface area contributed by atoms with Crippen molar-refractivity contribution in [2.75, 3.05) is 6.61 Å². The third kappa shape index (κ3) is 2.78. The second kappa shape index (κ2) is 6.56. The van der Waals surface area contributed by atoms with Crippen molar-refractivity contribution in [3.05, 3.63) is 48.1 Å². The molecule has 0 radical (unpaired) electrons. The Bertz CT molecular complexity index is 1220. The van der Waals surface area contributed by atoms with Crippen LogP contribution in [0.3, 0.4) is 0 Å². The van der Waals surface area contributed by atoms with E-state index in [4.69, 9.17) is 4.74 Å². The Balaban J connectivity index is 1.71. The molecule has 4 heterocycles. The first-order valence-electron chi connectivity index (χ1n) is 9.54. The van der Waals surface area contributed by atoms with Gasteiger partial charge >= 0.3 is 11.4 Å². The van der Waals surface area contributed by atoms with Crippen molar-refractivity contribution in [2.45, 2.75) is 57.8 Å². The Labute approximate surface area is 163 Å². The zero-order valence-electron chi connectivity index (χ0n) is 15.5. The molecular formula is C18H21N5O4S. The molecule has 0 bridgehead atoms. The van der Waals surface area contributed by atoms with Crippen molar-refractivity contribution in [3.63, 3.8) is 0 Å². The van der Waals surface area contributed by atoms with E-state index in [0.717, 1.165) is 36.1 Å². The number of hydrogen-bond acceptors (Lipinski definition) is 6. The smallest absolute Gasteiger partial charge is 0.343 e. The van der Waals surface area contributed by atoms with Crippen LogP contribution in [0.4, 0.5) is 0 Å². The first-order valence-corrected chi connectivity index (χ1v) is 10.4. The first-order chi connectivity index (χ1) is 13.5. The Kier molecular flexibility index (Phi) is 4.13. The maximum absolute atomic E-state index is 13.2. The fourth-order valence-electron chi connectivity index (χ4n) is 3.90. The summed E-state index contributed by atoms with van der Waals surface area (Å²) in [6, 6.07) is -0.00291. The standard InChI is InChI=1S/C18H21N5O4S/c1-10-13(8-22-17(25)19-9-20-22)28-16-14(10)15(24)23(11-4-5-11)18(26)21(16)7-12-3-2-6-27-12/h9,11-12H,2-8H2,1H3,(H,19,20,25). The monoisotopic (exact) mass is 403 g/mol. The zero-order valence-corrected chi connectivity index (χ0v) is 16.3. The Hall–Kier alpha value is -2.46. The maximum Gasteiger partial charge on any atom is 0.343 e. The van der Waals surface area contributed by atoms with Crippen molar-refractivity contribution >= 4 is 21.6 Å². The van der Waals surface area contributed by atoms with Gasteiger partial charge in [-0.25, -0.2) is 14.3 Å². The van der Waals surface area contributed by atoms with E-state index in [9.17, 15) is 14.4 Å². The summed E-state index contributed by atoms with van der Waals surface area (Å²) in [5.74, 6) is 0. The number of hydrogen-bond donors (Lipinski definition) is 1. The molecule has 3 aromatic rings. The van der Waals surface area contributed by atoms with Crippen LogP contribution in [0.2, 0.25) is 0 Å². The van der Waals surface area contributed by atoms with Gasteiger partial charge in [-0.3, -0.25) is 18.9 Å². The van der Waals surface area contributed by atoms with Crippen molar-refractivity contribution in [2.24, 2.45) is 0 Å². The highest BCUT2D eigenvalue weighted by molar-refractivity contribution is 7.18. The predicted octanol–water partition coefficient (Wildman–Crippen LogP) is 0.980. The molecule has 148 valence electrons. The van der Waals surface area contributed by atoms with E-state index in [1.807, 2.05) is 6.92 Å². The number of aryl methyl sites for hydroxylation is 1. The van der Waals surface area contributed by atoms with Gasteiger partial charge in [0.25, 0.3) is 5.56 Å². The lowest BCUT2D eigenvalue weighted by atomic mass is 10.2. The minimum absolute atomic E-state index is 0.00291. The first kappa shape index (κ1) is 17.6. The number of fused-ring (bicyclic) bond motifs is 1. The molecule has 1 saturated carbocycles. The highest BCUT2D eigenvalue weighted by Gasteiger charge is 2.31. The minimum Gasteiger partial charge on any atom is -0.376 e. The van der Waals surface area contributed by atoms with Crippen molar-refractivity contribution in [3.8, 4) is 0 Å². The lowest BCUT2D eigenvalue weighted by molar-refractivity contribution is 0.0966. The highest BCUT2D eigenvalue weighted by atomic mass is 32.1. The molecule has 3 aromatic heterocycles. The summed E-state index contributed by atoms with van der Waals surface area (Å²) in [7, 11) is 0. The van der Waals surface area contributed by atoms with Gasteiger partial charge in [0, 0.05) is 17.5 Å². The summed E-state index contributed by atoms with van der Waals surface area (Å²) in [5.41, 5.74) is 0.0417. The van der Waals surface area contributed by atoms with E-state index in [0.29, 0.717) is 23.4 Å². The van der Waals surface area contributed by atoms with Gasteiger partial charge in [0.05, 0.1) is 24.6 Å². The maximum atomic E-state index is 13.2. The summed E-state index contributed by atoms with van der Waals surface area (Å²) < 4.78 is 10.2. The summed E-state index contributed by atoms with van der Waals surface area (Å²) in [6.45, 7) is 3.31. The Morgan fingerprint density at radius 3 is 2.75 bits per heavy atom. The molecule has 1 aliphatic heterocycles. The topological polar surface area (TPSA) is 104 Å². The lowest BCUT2D eigenvalue weighted by Gasteiger charge is -2.15. The zero-order chi connectivity index (χ0) is 19.4. The van der Waals surface area contributed by atoms with Crippen LogP contribution in [0.25, 0.3) is 10.2 Å². The summed E-state index contributed by atoms with van der Waals surface area (Å²) in [5, 5.41) is 4.58. The number of aromatic amines is 1. The van der Waals surface area contributed by atoms with E-state index in [-0.39, 0.29) is 35.6 Å². The van der Waals surface area contributed by atoms with E-state index < -0.39 is 0 Å². The quantitative estimate of drug-likeness (QED) is 0.684. The Morgan fingerprint density at radius 2 is 2.11 bits per heavy atom. The highest BCUT2D eigenvalue weighted by Crippen LogP contribution is 2.34. The minimum atomic E-state index is -0.302. The van der Waals surface area contributed by atoms with Crippen LogP contribution in [0, 0.1) is 6.92 Å². The van der Waals surface area contributed by atoms with Crippen LogP contribution in [-0.2, 0) is 17.8 Å². The molecule has 1 aliphatic carbocycles. The van der Waals surface area contributed by atoms with Gasteiger partial charge in [0.2, 0.25) is 0 Å². The average molecular weight is 403 g/mol. The van der Waals surface area contributed by atoms with Crippen LogP contribution in [0.1, 0.15) is 42.2 Å². The number of thiophene rings is 1. The number of rotatable bonds is 5. The van der Waals surface area contributed by atoms with Crippen LogP contribution in [-0.4, -0.2) is 36.6 Å². The number of H-pyrrole nitrogens is 1. The summed E-state index contributed by atoms with van der Waals surface area (Å²) in [4.78, 5) is 42.2. The van der Waals surface area contributed by atoms with Crippen molar-refractivity contribution in [1.29, 1.82) is 0 Å². The molecule has 0 amide bonds. The molecular weight excluding hydrogens is 382 g/mol. The molecule has 9 nitrogen and oxygen atoms in total. The van der Waals surface area contributed by atoms with Gasteiger partial charge in [0.15, 0.2) is 0 Å². The second-order valence-electron chi connectivity index (χ2n) is 7.52. The van der Waals surface area contributed by atoms with Crippen LogP contribution >= 0.6 is 11.3 Å². The van der Waals surface area contributed by atoms with Gasteiger partial charge in [0.1, 0.15) is 11.2 Å². The molecule has 10 heteroatoms. The van der Waals surface area contributed by atoms with Crippen LogP contribution < -0.4 is 16.9 Å². The van der Waals surface area contributed by atoms with Gasteiger partial charge in [-0.2, -0.15) is 5.10 Å². The summed E-state index contributed by atoms with van der Waals surface area (Å²) in [6.07, 6.45) is 4.96. The second-order valence-corrected chi connectivity index (χ2v) is 8.60. The summed E-state index contributed by atoms with van der Waals surface area (Å²) >= 11 is 1.39. The molecule has 1 saturated heterocycles. The van der Waals surface area contributed by atoms with E-state index in [2.05, 4.69) is 10.1 Å². The molecule has 1 unspecified atom stereocenters. The molecule has 0 spiro atoms. The largest absolute Gasteiger partial charge is 0.376 e. The average Bonchev–Trinajstić information content (AvgIpc) is 3.06.